The Bertz CT molecular complexity index is 708. The van der Waals surface area contributed by atoms with E-state index >= 15 is 0 Å². The predicted octanol–water partition coefficient (Wildman–Crippen LogP) is 2.40. The summed E-state index contributed by atoms with van der Waals surface area (Å²) in [6.45, 7) is -0.518. The average Bonchev–Trinajstić information content (AvgIpc) is 2.66. The van der Waals surface area contributed by atoms with Gasteiger partial charge in [0, 0.05) is 19.1 Å². The molecular formula is C19H25F2N3O4. The Kier molecular flexibility index (Phi) is 8.16. The van der Waals surface area contributed by atoms with Crippen LogP contribution in [0.1, 0.15) is 44.1 Å². The highest BCUT2D eigenvalue weighted by Crippen LogP contribution is 2.17. The fourth-order valence-electron chi connectivity index (χ4n) is 3.13. The fourth-order valence-corrected chi connectivity index (χ4v) is 3.13. The molecule has 0 unspecified atom stereocenters. The van der Waals surface area contributed by atoms with Gasteiger partial charge in [0.25, 0.3) is 0 Å². The van der Waals surface area contributed by atoms with Crippen LogP contribution in [0.15, 0.2) is 18.2 Å². The third-order valence-corrected chi connectivity index (χ3v) is 4.65. The minimum Gasteiger partial charge on any atom is -0.481 e. The number of nitrogens with zero attached hydrogens (tertiary/aromatic N) is 1. The summed E-state index contributed by atoms with van der Waals surface area (Å²) in [7, 11) is 0. The minimum absolute atomic E-state index is 0.0881. The monoisotopic (exact) mass is 397 g/mol. The van der Waals surface area contributed by atoms with Crippen LogP contribution < -0.4 is 10.6 Å². The Hall–Kier alpha value is -2.71. The third-order valence-electron chi connectivity index (χ3n) is 4.65. The lowest BCUT2D eigenvalue weighted by atomic mass is 9.96. The number of benzene rings is 1. The number of urea groups is 1. The van der Waals surface area contributed by atoms with Crippen LogP contribution in [0.2, 0.25) is 0 Å². The smallest absolute Gasteiger partial charge is 0.315 e. The lowest BCUT2D eigenvalue weighted by molar-refractivity contribution is -0.138. The van der Waals surface area contributed by atoms with Crippen LogP contribution in [0.3, 0.4) is 0 Å². The number of hydrogen-bond acceptors (Lipinski definition) is 3. The maximum atomic E-state index is 13.4. The Morgan fingerprint density at radius 3 is 2.46 bits per heavy atom. The molecule has 0 radical (unpaired) electrons. The number of carbonyl (C=O) groups excluding carboxylic acids is 2. The number of amides is 3. The van der Waals surface area contributed by atoms with Gasteiger partial charge in [-0.25, -0.2) is 13.6 Å². The Balaban J connectivity index is 1.90. The predicted molar refractivity (Wildman–Crippen MR) is 97.4 cm³/mol. The van der Waals surface area contributed by atoms with Gasteiger partial charge in [-0.2, -0.15) is 0 Å². The topological polar surface area (TPSA) is 98.7 Å². The summed E-state index contributed by atoms with van der Waals surface area (Å²) in [5, 5.41) is 14.2. The number of carboxylic acids is 1. The van der Waals surface area contributed by atoms with Crippen LogP contribution >= 0.6 is 0 Å². The second kappa shape index (κ2) is 10.6. The maximum absolute atomic E-state index is 13.4. The number of hydrogen-bond donors (Lipinski definition) is 3. The molecule has 0 bridgehead atoms. The molecule has 7 nitrogen and oxygen atoms in total. The number of carboxylic acid groups (broad SMARTS) is 1. The van der Waals surface area contributed by atoms with Crippen LogP contribution in [0.25, 0.3) is 0 Å². The van der Waals surface area contributed by atoms with E-state index in [4.69, 9.17) is 5.11 Å². The molecule has 3 amide bonds. The zero-order valence-electron chi connectivity index (χ0n) is 15.5. The van der Waals surface area contributed by atoms with Crippen molar-refractivity contribution in [3.63, 3.8) is 0 Å². The van der Waals surface area contributed by atoms with Crippen LogP contribution in [0, 0.1) is 11.6 Å². The van der Waals surface area contributed by atoms with Gasteiger partial charge < -0.3 is 20.6 Å². The second-order valence-corrected chi connectivity index (χ2v) is 6.87. The van der Waals surface area contributed by atoms with Gasteiger partial charge >= 0.3 is 12.0 Å². The van der Waals surface area contributed by atoms with Crippen molar-refractivity contribution in [3.8, 4) is 0 Å². The molecule has 0 spiro atoms. The van der Waals surface area contributed by atoms with Gasteiger partial charge in [-0.15, -0.1) is 0 Å². The quantitative estimate of drug-likeness (QED) is 0.627. The molecule has 1 saturated carbocycles. The highest BCUT2D eigenvalue weighted by Gasteiger charge is 2.19. The molecule has 0 aromatic heterocycles. The zero-order valence-corrected chi connectivity index (χ0v) is 15.5. The summed E-state index contributed by atoms with van der Waals surface area (Å²) in [6, 6.07) is 2.86. The van der Waals surface area contributed by atoms with E-state index in [0.717, 1.165) is 44.2 Å². The Morgan fingerprint density at radius 2 is 1.82 bits per heavy atom. The molecule has 9 heteroatoms. The first-order valence-corrected chi connectivity index (χ1v) is 9.33. The van der Waals surface area contributed by atoms with Gasteiger partial charge in [0.1, 0.15) is 0 Å². The summed E-state index contributed by atoms with van der Waals surface area (Å²) in [5.74, 6) is -3.66. The van der Waals surface area contributed by atoms with Crippen LogP contribution in [0.4, 0.5) is 13.6 Å². The molecular weight excluding hydrogens is 372 g/mol. The average molecular weight is 397 g/mol. The summed E-state index contributed by atoms with van der Waals surface area (Å²) in [6.07, 6.45) is 4.77. The lowest BCUT2D eigenvalue weighted by Gasteiger charge is -2.24. The SMILES string of the molecule is O=C(O)CCN(Cc1ccc(F)c(F)c1)C(=O)CNC(=O)NC1CCCCC1. The molecule has 0 saturated heterocycles. The molecule has 0 aliphatic heterocycles. The highest BCUT2D eigenvalue weighted by atomic mass is 19.2. The number of nitrogens with one attached hydrogen (secondary N) is 2. The van der Waals surface area contributed by atoms with E-state index in [1.807, 2.05) is 0 Å². The van der Waals surface area contributed by atoms with Gasteiger partial charge in [-0.05, 0) is 30.5 Å². The van der Waals surface area contributed by atoms with E-state index in [1.54, 1.807) is 0 Å². The molecule has 0 atom stereocenters. The van der Waals surface area contributed by atoms with E-state index in [2.05, 4.69) is 10.6 Å². The molecule has 1 aromatic rings. The van der Waals surface area contributed by atoms with E-state index in [-0.39, 0.29) is 32.1 Å². The third kappa shape index (κ3) is 7.13. The minimum atomic E-state index is -1.09. The van der Waals surface area contributed by atoms with Gasteiger partial charge in [0.2, 0.25) is 5.91 Å². The van der Waals surface area contributed by atoms with Gasteiger partial charge in [-0.1, -0.05) is 25.3 Å². The first-order chi connectivity index (χ1) is 13.3. The molecule has 28 heavy (non-hydrogen) atoms. The van der Waals surface area contributed by atoms with E-state index in [9.17, 15) is 23.2 Å². The molecule has 1 aliphatic carbocycles. The largest absolute Gasteiger partial charge is 0.481 e. The number of carbonyl (C=O) groups is 3. The molecule has 154 valence electrons. The van der Waals surface area contributed by atoms with Crippen molar-refractivity contribution in [2.24, 2.45) is 0 Å². The van der Waals surface area contributed by atoms with Crippen LogP contribution in [-0.4, -0.2) is 47.0 Å². The van der Waals surface area contributed by atoms with Crippen molar-refractivity contribution in [2.75, 3.05) is 13.1 Å². The van der Waals surface area contributed by atoms with Crippen molar-refractivity contribution in [1.29, 1.82) is 0 Å². The first kappa shape index (κ1) is 21.6. The number of halogens is 2. The molecule has 2 rings (SSSR count). The molecule has 1 aliphatic rings. The zero-order chi connectivity index (χ0) is 20.5. The fraction of sp³-hybridized carbons (Fsp3) is 0.526. The van der Waals surface area contributed by atoms with E-state index < -0.39 is 29.5 Å². The van der Waals surface area contributed by atoms with Gasteiger partial charge in [-0.3, -0.25) is 9.59 Å². The Labute approximate surface area is 162 Å². The molecule has 3 N–H and O–H groups in total. The summed E-state index contributed by atoms with van der Waals surface area (Å²) in [4.78, 5) is 36.4. The molecule has 1 fully saturated rings. The summed E-state index contributed by atoms with van der Waals surface area (Å²) >= 11 is 0. The second-order valence-electron chi connectivity index (χ2n) is 6.87. The van der Waals surface area contributed by atoms with Gasteiger partial charge in [0.05, 0.1) is 13.0 Å². The first-order valence-electron chi connectivity index (χ1n) is 9.33. The summed E-state index contributed by atoms with van der Waals surface area (Å²) < 4.78 is 26.4. The van der Waals surface area contributed by atoms with E-state index in [1.165, 1.54) is 11.0 Å². The summed E-state index contributed by atoms with van der Waals surface area (Å²) in [5.41, 5.74) is 0.323. The number of rotatable bonds is 8. The van der Waals surface area contributed by atoms with Crippen LogP contribution in [-0.2, 0) is 16.1 Å². The lowest BCUT2D eigenvalue weighted by Crippen LogP contribution is -2.47. The van der Waals surface area contributed by atoms with E-state index in [0.29, 0.717) is 5.56 Å². The normalized spacial score (nSPS) is 14.4. The van der Waals surface area contributed by atoms with Crippen molar-refractivity contribution in [1.82, 2.24) is 15.5 Å². The molecule has 1 aromatic carbocycles. The van der Waals surface area contributed by atoms with Crippen molar-refractivity contribution in [3.05, 3.63) is 35.4 Å². The van der Waals surface area contributed by atoms with Crippen molar-refractivity contribution >= 4 is 17.9 Å². The standard InChI is InChI=1S/C19H25F2N3O4/c20-15-7-6-13(10-16(15)21)12-24(9-8-18(26)27)17(25)11-22-19(28)23-14-4-2-1-3-5-14/h6-7,10,14H,1-5,8-9,11-12H2,(H,26,27)(H2,22,23,28). The van der Waals surface area contributed by atoms with Crippen molar-refractivity contribution < 1.29 is 28.3 Å². The number of aliphatic carboxylic acids is 1. The van der Waals surface area contributed by atoms with Crippen molar-refractivity contribution in [2.45, 2.75) is 51.1 Å². The highest BCUT2D eigenvalue weighted by molar-refractivity contribution is 5.84. The van der Waals surface area contributed by atoms with Crippen LogP contribution in [0.5, 0.6) is 0 Å². The molecule has 0 heterocycles. The van der Waals surface area contributed by atoms with Gasteiger partial charge in [0.15, 0.2) is 11.6 Å². The maximum Gasteiger partial charge on any atom is 0.315 e. The Morgan fingerprint density at radius 1 is 1.11 bits per heavy atom.